The molecule has 0 saturated heterocycles. The van der Waals surface area contributed by atoms with E-state index in [-0.39, 0.29) is 24.5 Å². The minimum atomic E-state index is -0.111. The quantitative estimate of drug-likeness (QED) is 0.687. The van der Waals surface area contributed by atoms with Crippen LogP contribution in [0.2, 0.25) is 0 Å². The van der Waals surface area contributed by atoms with E-state index in [9.17, 15) is 4.79 Å². The SMILES string of the molecule is CC1CCCC1C(=O)N[C@@H](C)CO. The Balaban J connectivity index is 2.38. The zero-order valence-corrected chi connectivity index (χ0v) is 8.42. The maximum Gasteiger partial charge on any atom is 0.223 e. The molecule has 1 fully saturated rings. The second kappa shape index (κ2) is 4.61. The van der Waals surface area contributed by atoms with Crippen LogP contribution in [0.3, 0.4) is 0 Å². The summed E-state index contributed by atoms with van der Waals surface area (Å²) >= 11 is 0. The van der Waals surface area contributed by atoms with E-state index in [2.05, 4.69) is 12.2 Å². The van der Waals surface area contributed by atoms with Crippen LogP contribution in [-0.4, -0.2) is 23.7 Å². The molecule has 0 spiro atoms. The smallest absolute Gasteiger partial charge is 0.223 e. The van der Waals surface area contributed by atoms with Gasteiger partial charge in [0.05, 0.1) is 6.61 Å². The number of aliphatic hydroxyl groups is 1. The number of rotatable bonds is 3. The van der Waals surface area contributed by atoms with Crippen molar-refractivity contribution in [2.24, 2.45) is 11.8 Å². The predicted molar refractivity (Wildman–Crippen MR) is 51.2 cm³/mol. The van der Waals surface area contributed by atoms with Crippen molar-refractivity contribution in [2.75, 3.05) is 6.61 Å². The topological polar surface area (TPSA) is 49.3 Å². The lowest BCUT2D eigenvalue weighted by atomic mass is 9.97. The summed E-state index contributed by atoms with van der Waals surface area (Å²) in [6.07, 6.45) is 3.32. The van der Waals surface area contributed by atoms with Crippen molar-refractivity contribution in [3.05, 3.63) is 0 Å². The summed E-state index contributed by atoms with van der Waals surface area (Å²) in [5, 5.41) is 11.6. The number of hydrogen-bond acceptors (Lipinski definition) is 2. The molecule has 3 nitrogen and oxygen atoms in total. The van der Waals surface area contributed by atoms with Crippen molar-refractivity contribution in [3.63, 3.8) is 0 Å². The van der Waals surface area contributed by atoms with Gasteiger partial charge in [-0.2, -0.15) is 0 Å². The van der Waals surface area contributed by atoms with Crippen LogP contribution in [0, 0.1) is 11.8 Å². The van der Waals surface area contributed by atoms with Crippen LogP contribution in [0.25, 0.3) is 0 Å². The first kappa shape index (κ1) is 10.5. The van der Waals surface area contributed by atoms with Crippen molar-refractivity contribution in [3.8, 4) is 0 Å². The third-order valence-corrected chi connectivity index (χ3v) is 2.86. The Kier molecular flexibility index (Phi) is 3.72. The van der Waals surface area contributed by atoms with Gasteiger partial charge in [-0.1, -0.05) is 13.3 Å². The van der Waals surface area contributed by atoms with Gasteiger partial charge in [0.15, 0.2) is 0 Å². The minimum absolute atomic E-state index is 0.0207. The van der Waals surface area contributed by atoms with Gasteiger partial charge in [-0.05, 0) is 25.7 Å². The maximum absolute atomic E-state index is 11.6. The molecule has 2 N–H and O–H groups in total. The van der Waals surface area contributed by atoms with E-state index in [1.165, 1.54) is 0 Å². The van der Waals surface area contributed by atoms with Crippen LogP contribution in [0.1, 0.15) is 33.1 Å². The van der Waals surface area contributed by atoms with Crippen LogP contribution in [-0.2, 0) is 4.79 Å². The molecule has 1 aliphatic carbocycles. The molecule has 0 aromatic heterocycles. The monoisotopic (exact) mass is 185 g/mol. The van der Waals surface area contributed by atoms with Gasteiger partial charge in [0, 0.05) is 12.0 Å². The first-order valence-electron chi connectivity index (χ1n) is 5.06. The van der Waals surface area contributed by atoms with Crippen molar-refractivity contribution >= 4 is 5.91 Å². The molecule has 2 unspecified atom stereocenters. The zero-order chi connectivity index (χ0) is 9.84. The molecule has 1 rings (SSSR count). The largest absolute Gasteiger partial charge is 0.394 e. The van der Waals surface area contributed by atoms with Gasteiger partial charge in [0.1, 0.15) is 0 Å². The average Bonchev–Trinajstić information content (AvgIpc) is 2.51. The van der Waals surface area contributed by atoms with Crippen molar-refractivity contribution < 1.29 is 9.90 Å². The Morgan fingerprint density at radius 3 is 2.77 bits per heavy atom. The summed E-state index contributed by atoms with van der Waals surface area (Å²) in [6, 6.07) is -0.111. The fourth-order valence-electron chi connectivity index (χ4n) is 1.93. The number of nitrogens with one attached hydrogen (secondary N) is 1. The molecule has 1 saturated carbocycles. The Labute approximate surface area is 79.5 Å². The van der Waals surface area contributed by atoms with Crippen LogP contribution >= 0.6 is 0 Å². The summed E-state index contributed by atoms with van der Waals surface area (Å²) in [7, 11) is 0. The molecule has 13 heavy (non-hydrogen) atoms. The second-order valence-electron chi connectivity index (χ2n) is 4.11. The molecule has 0 bridgehead atoms. The summed E-state index contributed by atoms with van der Waals surface area (Å²) < 4.78 is 0. The van der Waals surface area contributed by atoms with Crippen molar-refractivity contribution in [1.29, 1.82) is 0 Å². The van der Waals surface area contributed by atoms with Crippen molar-refractivity contribution in [1.82, 2.24) is 5.32 Å². The van der Waals surface area contributed by atoms with E-state index in [4.69, 9.17) is 5.11 Å². The second-order valence-corrected chi connectivity index (χ2v) is 4.11. The maximum atomic E-state index is 11.6. The van der Waals surface area contributed by atoms with Gasteiger partial charge >= 0.3 is 0 Å². The van der Waals surface area contributed by atoms with Gasteiger partial charge in [-0.25, -0.2) is 0 Å². The Morgan fingerprint density at radius 2 is 2.31 bits per heavy atom. The number of amides is 1. The molecule has 76 valence electrons. The summed E-state index contributed by atoms with van der Waals surface area (Å²) in [4.78, 5) is 11.6. The number of aliphatic hydroxyl groups excluding tert-OH is 1. The summed E-state index contributed by atoms with van der Waals surface area (Å²) in [5.41, 5.74) is 0. The molecular formula is C10H19NO2. The lowest BCUT2D eigenvalue weighted by molar-refractivity contribution is -0.126. The standard InChI is InChI=1S/C10H19NO2/c1-7-4-3-5-9(7)10(13)11-8(2)6-12/h7-9,12H,3-6H2,1-2H3,(H,11,13)/t7?,8-,9?/m0/s1. The van der Waals surface area contributed by atoms with E-state index in [1.807, 2.05) is 6.92 Å². The van der Waals surface area contributed by atoms with E-state index in [1.54, 1.807) is 0 Å². The molecular weight excluding hydrogens is 166 g/mol. The van der Waals surface area contributed by atoms with Gasteiger partial charge in [-0.15, -0.1) is 0 Å². The first-order chi connectivity index (χ1) is 6.15. The van der Waals surface area contributed by atoms with Crippen LogP contribution in [0.4, 0.5) is 0 Å². The fourth-order valence-corrected chi connectivity index (χ4v) is 1.93. The van der Waals surface area contributed by atoms with Crippen molar-refractivity contribution in [2.45, 2.75) is 39.2 Å². The highest BCUT2D eigenvalue weighted by Crippen LogP contribution is 2.31. The molecule has 1 aliphatic rings. The fraction of sp³-hybridized carbons (Fsp3) is 0.900. The van der Waals surface area contributed by atoms with Gasteiger partial charge < -0.3 is 10.4 Å². The zero-order valence-electron chi connectivity index (χ0n) is 8.42. The highest BCUT2D eigenvalue weighted by Gasteiger charge is 2.29. The summed E-state index contributed by atoms with van der Waals surface area (Å²) in [5.74, 6) is 0.798. The van der Waals surface area contributed by atoms with Crippen LogP contribution in [0.15, 0.2) is 0 Å². The molecule has 0 heterocycles. The molecule has 0 aromatic carbocycles. The Hall–Kier alpha value is -0.570. The number of hydrogen-bond donors (Lipinski definition) is 2. The molecule has 0 aromatic rings. The summed E-state index contributed by atoms with van der Waals surface area (Å²) in [6.45, 7) is 3.96. The molecule has 3 heteroatoms. The van der Waals surface area contributed by atoms with Crippen LogP contribution < -0.4 is 5.32 Å². The normalized spacial score (nSPS) is 30.1. The lowest BCUT2D eigenvalue weighted by Crippen LogP contribution is -2.39. The molecule has 0 radical (unpaired) electrons. The number of carbonyl (C=O) groups is 1. The third-order valence-electron chi connectivity index (χ3n) is 2.86. The third kappa shape index (κ3) is 2.69. The Morgan fingerprint density at radius 1 is 1.62 bits per heavy atom. The van der Waals surface area contributed by atoms with Gasteiger partial charge in [-0.3, -0.25) is 4.79 Å². The number of carbonyl (C=O) groups excluding carboxylic acids is 1. The van der Waals surface area contributed by atoms with Crippen LogP contribution in [0.5, 0.6) is 0 Å². The van der Waals surface area contributed by atoms with E-state index in [0.717, 1.165) is 19.3 Å². The Bertz CT molecular complexity index is 182. The average molecular weight is 185 g/mol. The molecule has 3 atom stereocenters. The van der Waals surface area contributed by atoms with Gasteiger partial charge in [0.25, 0.3) is 0 Å². The lowest BCUT2D eigenvalue weighted by Gasteiger charge is -2.18. The minimum Gasteiger partial charge on any atom is -0.394 e. The highest BCUT2D eigenvalue weighted by atomic mass is 16.3. The van der Waals surface area contributed by atoms with E-state index < -0.39 is 0 Å². The first-order valence-corrected chi connectivity index (χ1v) is 5.06. The highest BCUT2D eigenvalue weighted by molar-refractivity contribution is 5.79. The van der Waals surface area contributed by atoms with E-state index in [0.29, 0.717) is 5.92 Å². The predicted octanol–water partition coefficient (Wildman–Crippen LogP) is 0.920. The molecule has 0 aliphatic heterocycles. The van der Waals surface area contributed by atoms with E-state index >= 15 is 0 Å². The van der Waals surface area contributed by atoms with Gasteiger partial charge in [0.2, 0.25) is 5.91 Å². The molecule has 1 amide bonds.